The predicted octanol–water partition coefficient (Wildman–Crippen LogP) is 3.88. The maximum atomic E-state index is 6.28. The number of nitrogens with zero attached hydrogens (tertiary/aromatic N) is 2. The van der Waals surface area contributed by atoms with Crippen LogP contribution in [0.5, 0.6) is 0 Å². The summed E-state index contributed by atoms with van der Waals surface area (Å²) in [5.41, 5.74) is 9.08. The molecule has 0 aliphatic carbocycles. The number of hydrogen-bond donors (Lipinski definition) is 1. The van der Waals surface area contributed by atoms with Crippen molar-refractivity contribution in [2.75, 3.05) is 0 Å². The van der Waals surface area contributed by atoms with Crippen LogP contribution in [0.1, 0.15) is 23.0 Å². The molecule has 0 bridgehead atoms. The third-order valence-corrected chi connectivity index (χ3v) is 4.74. The summed E-state index contributed by atoms with van der Waals surface area (Å²) in [5, 5.41) is 5.68. The van der Waals surface area contributed by atoms with Crippen LogP contribution in [0.25, 0.3) is 0 Å². The van der Waals surface area contributed by atoms with Crippen LogP contribution in [0.4, 0.5) is 0 Å². The Balaban J connectivity index is 2.30. The lowest BCUT2D eigenvalue weighted by Crippen LogP contribution is -2.17. The number of nitrogens with two attached hydrogens (primary N) is 1. The van der Waals surface area contributed by atoms with Crippen LogP contribution in [0.15, 0.2) is 18.2 Å². The first-order valence-electron chi connectivity index (χ1n) is 5.78. The van der Waals surface area contributed by atoms with Crippen LogP contribution in [0, 0.1) is 10.5 Å². The summed E-state index contributed by atoms with van der Waals surface area (Å²) in [4.78, 5) is 0. The Morgan fingerprint density at radius 3 is 2.68 bits per heavy atom. The van der Waals surface area contributed by atoms with Crippen LogP contribution in [0.3, 0.4) is 0 Å². The molecule has 102 valence electrons. The second-order valence-corrected chi connectivity index (χ2v) is 6.42. The van der Waals surface area contributed by atoms with E-state index in [0.29, 0.717) is 16.5 Å². The van der Waals surface area contributed by atoms with Crippen LogP contribution in [-0.4, -0.2) is 9.78 Å². The zero-order valence-electron chi connectivity index (χ0n) is 10.6. The standard InChI is InChI=1S/C13H14Cl2IN3/c1-7-13(15)12(19(2)18-7)6-11(17)9-5-8(14)3-4-10(9)16/h3-5,11H,6,17H2,1-2H3. The summed E-state index contributed by atoms with van der Waals surface area (Å²) in [5.74, 6) is 0. The Morgan fingerprint density at radius 1 is 1.42 bits per heavy atom. The van der Waals surface area contributed by atoms with Crippen molar-refractivity contribution in [2.45, 2.75) is 19.4 Å². The van der Waals surface area contributed by atoms with Gasteiger partial charge in [-0.15, -0.1) is 0 Å². The van der Waals surface area contributed by atoms with Crippen molar-refractivity contribution in [3.63, 3.8) is 0 Å². The largest absolute Gasteiger partial charge is 0.324 e. The molecule has 2 rings (SSSR count). The third kappa shape index (κ3) is 3.24. The van der Waals surface area contributed by atoms with Gasteiger partial charge in [0, 0.05) is 28.1 Å². The average Bonchev–Trinajstić information content (AvgIpc) is 2.59. The smallest absolute Gasteiger partial charge is 0.0847 e. The van der Waals surface area contributed by atoms with Gasteiger partial charge in [-0.1, -0.05) is 23.2 Å². The number of aromatic nitrogens is 2. The summed E-state index contributed by atoms with van der Waals surface area (Å²) < 4.78 is 2.89. The van der Waals surface area contributed by atoms with E-state index in [1.165, 1.54) is 0 Å². The molecule has 1 aromatic carbocycles. The summed E-state index contributed by atoms with van der Waals surface area (Å²) in [6.07, 6.45) is 0.631. The lowest BCUT2D eigenvalue weighted by Gasteiger charge is -2.15. The third-order valence-electron chi connectivity index (χ3n) is 3.03. The molecular weight excluding hydrogens is 396 g/mol. The minimum Gasteiger partial charge on any atom is -0.324 e. The number of aryl methyl sites for hydroxylation is 2. The van der Waals surface area contributed by atoms with Gasteiger partial charge in [-0.25, -0.2) is 0 Å². The molecule has 1 aromatic heterocycles. The first-order chi connectivity index (χ1) is 8.90. The molecule has 1 atom stereocenters. The van der Waals surface area contributed by atoms with Crippen LogP contribution >= 0.6 is 45.8 Å². The lowest BCUT2D eigenvalue weighted by molar-refractivity contribution is 0.638. The first-order valence-corrected chi connectivity index (χ1v) is 7.62. The Kier molecular flexibility index (Phi) is 4.76. The van der Waals surface area contributed by atoms with Crippen LogP contribution < -0.4 is 5.73 Å². The maximum absolute atomic E-state index is 6.28. The Morgan fingerprint density at radius 2 is 2.11 bits per heavy atom. The molecule has 0 aliphatic heterocycles. The van der Waals surface area contributed by atoms with Gasteiger partial charge >= 0.3 is 0 Å². The van der Waals surface area contributed by atoms with Gasteiger partial charge < -0.3 is 5.73 Å². The Labute approximate surface area is 136 Å². The number of rotatable bonds is 3. The van der Waals surface area contributed by atoms with E-state index < -0.39 is 0 Å². The highest BCUT2D eigenvalue weighted by Gasteiger charge is 2.17. The molecule has 2 aromatic rings. The zero-order valence-corrected chi connectivity index (χ0v) is 14.3. The molecule has 0 saturated heterocycles. The molecule has 1 unspecified atom stereocenters. The fraction of sp³-hybridized carbons (Fsp3) is 0.308. The summed E-state index contributed by atoms with van der Waals surface area (Å²) in [6.45, 7) is 1.89. The zero-order chi connectivity index (χ0) is 14.2. The van der Waals surface area contributed by atoms with E-state index in [4.69, 9.17) is 28.9 Å². The molecule has 0 fully saturated rings. The van der Waals surface area contributed by atoms with Crippen molar-refractivity contribution in [2.24, 2.45) is 12.8 Å². The van der Waals surface area contributed by atoms with Crippen LogP contribution in [-0.2, 0) is 13.5 Å². The van der Waals surface area contributed by atoms with Gasteiger partial charge in [0.2, 0.25) is 0 Å². The monoisotopic (exact) mass is 409 g/mol. The van der Waals surface area contributed by atoms with Gasteiger partial charge in [0.1, 0.15) is 0 Å². The second kappa shape index (κ2) is 5.99. The van der Waals surface area contributed by atoms with Gasteiger partial charge in [-0.2, -0.15) is 5.10 Å². The van der Waals surface area contributed by atoms with Gasteiger partial charge in [0.25, 0.3) is 0 Å². The van der Waals surface area contributed by atoms with E-state index in [-0.39, 0.29) is 6.04 Å². The SMILES string of the molecule is Cc1nn(C)c(CC(N)c2cc(Cl)ccc2I)c1Cl. The number of hydrogen-bond acceptors (Lipinski definition) is 2. The number of halogens is 3. The average molecular weight is 410 g/mol. The molecule has 3 nitrogen and oxygen atoms in total. The molecule has 0 spiro atoms. The van der Waals surface area contributed by atoms with E-state index in [1.807, 2.05) is 32.2 Å². The molecule has 0 amide bonds. The van der Waals surface area contributed by atoms with Crippen molar-refractivity contribution in [1.82, 2.24) is 9.78 Å². The summed E-state index contributed by atoms with van der Waals surface area (Å²) >= 11 is 14.5. The van der Waals surface area contributed by atoms with Crippen molar-refractivity contribution < 1.29 is 0 Å². The highest BCUT2D eigenvalue weighted by atomic mass is 127. The molecule has 0 saturated carbocycles. The quantitative estimate of drug-likeness (QED) is 0.781. The van der Waals surface area contributed by atoms with Crippen molar-refractivity contribution in [3.8, 4) is 0 Å². The van der Waals surface area contributed by atoms with E-state index in [0.717, 1.165) is 20.5 Å². The van der Waals surface area contributed by atoms with E-state index in [2.05, 4.69) is 27.7 Å². The molecule has 0 radical (unpaired) electrons. The van der Waals surface area contributed by atoms with Crippen molar-refractivity contribution in [1.29, 1.82) is 0 Å². The summed E-state index contributed by atoms with van der Waals surface area (Å²) in [6, 6.07) is 5.58. The van der Waals surface area contributed by atoms with Crippen molar-refractivity contribution >= 4 is 45.8 Å². The Hall–Kier alpha value is -0.300. The van der Waals surface area contributed by atoms with Gasteiger partial charge in [-0.05, 0) is 53.3 Å². The lowest BCUT2D eigenvalue weighted by atomic mass is 10.0. The van der Waals surface area contributed by atoms with Gasteiger partial charge in [0.15, 0.2) is 0 Å². The van der Waals surface area contributed by atoms with E-state index >= 15 is 0 Å². The van der Waals surface area contributed by atoms with Crippen molar-refractivity contribution in [3.05, 3.63) is 48.8 Å². The van der Waals surface area contributed by atoms with Gasteiger partial charge in [-0.3, -0.25) is 4.68 Å². The minimum absolute atomic E-state index is 0.155. The molecule has 0 aliphatic rings. The van der Waals surface area contributed by atoms with E-state index in [1.54, 1.807) is 4.68 Å². The topological polar surface area (TPSA) is 43.8 Å². The number of benzene rings is 1. The molecular formula is C13H14Cl2IN3. The highest BCUT2D eigenvalue weighted by molar-refractivity contribution is 14.1. The maximum Gasteiger partial charge on any atom is 0.0847 e. The fourth-order valence-corrected chi connectivity index (χ4v) is 3.17. The normalized spacial score (nSPS) is 12.7. The molecule has 2 N–H and O–H groups in total. The summed E-state index contributed by atoms with van der Waals surface area (Å²) in [7, 11) is 1.88. The first kappa shape index (κ1) is 15.1. The molecule has 6 heteroatoms. The van der Waals surface area contributed by atoms with Gasteiger partial charge in [0.05, 0.1) is 16.4 Å². The predicted molar refractivity (Wildman–Crippen MR) is 87.8 cm³/mol. The van der Waals surface area contributed by atoms with E-state index in [9.17, 15) is 0 Å². The fourth-order valence-electron chi connectivity index (χ4n) is 2.02. The molecule has 19 heavy (non-hydrogen) atoms. The molecule has 1 heterocycles. The second-order valence-electron chi connectivity index (χ2n) is 4.45. The minimum atomic E-state index is -0.155. The van der Waals surface area contributed by atoms with Crippen LogP contribution in [0.2, 0.25) is 10.0 Å². The Bertz CT molecular complexity index is 610. The highest BCUT2D eigenvalue weighted by Crippen LogP contribution is 2.28.